The van der Waals surface area contributed by atoms with Crippen molar-refractivity contribution in [2.75, 3.05) is 0 Å². The van der Waals surface area contributed by atoms with Gasteiger partial charge in [0.1, 0.15) is 5.84 Å². The molecule has 1 heterocycles. The Morgan fingerprint density at radius 3 is 2.30 bits per heavy atom. The molecule has 2 aromatic carbocycles. The Morgan fingerprint density at radius 2 is 1.67 bits per heavy atom. The van der Waals surface area contributed by atoms with Crippen molar-refractivity contribution in [3.05, 3.63) is 94.3 Å². The highest BCUT2D eigenvalue weighted by Crippen LogP contribution is 2.19. The zero-order chi connectivity index (χ0) is 19.4. The van der Waals surface area contributed by atoms with E-state index in [1.54, 1.807) is 0 Å². The van der Waals surface area contributed by atoms with Crippen molar-refractivity contribution in [3.8, 4) is 0 Å². The minimum Gasteiger partial charge on any atom is -0.384 e. The maximum atomic E-state index is 12.8. The maximum absolute atomic E-state index is 12.8. The van der Waals surface area contributed by atoms with Crippen molar-refractivity contribution in [1.29, 1.82) is 5.41 Å². The second-order valence-corrected chi connectivity index (χ2v) is 6.89. The minimum absolute atomic E-state index is 0.0588. The SMILES string of the molecule is Cc1cc(C(=O)CCc2ccc(C(=N)N)cc2)c(C)n1Cc1ccccc1. The van der Waals surface area contributed by atoms with Crippen LogP contribution in [0.25, 0.3) is 0 Å². The van der Waals surface area contributed by atoms with Crippen molar-refractivity contribution >= 4 is 11.6 Å². The molecule has 3 aromatic rings. The molecule has 0 bridgehead atoms. The second-order valence-electron chi connectivity index (χ2n) is 6.89. The summed E-state index contributed by atoms with van der Waals surface area (Å²) < 4.78 is 2.20. The number of carbonyl (C=O) groups is 1. The number of nitrogens with two attached hydrogens (primary N) is 1. The van der Waals surface area contributed by atoms with Crippen molar-refractivity contribution in [3.63, 3.8) is 0 Å². The fraction of sp³-hybridized carbons (Fsp3) is 0.217. The molecule has 3 N–H and O–H groups in total. The summed E-state index contributed by atoms with van der Waals surface area (Å²) in [5.74, 6) is 0.224. The summed E-state index contributed by atoms with van der Waals surface area (Å²) in [6, 6.07) is 19.8. The third-order valence-electron chi connectivity index (χ3n) is 4.96. The molecule has 0 saturated heterocycles. The van der Waals surface area contributed by atoms with Gasteiger partial charge in [0.15, 0.2) is 5.78 Å². The zero-order valence-corrected chi connectivity index (χ0v) is 15.8. The van der Waals surface area contributed by atoms with Gasteiger partial charge < -0.3 is 10.3 Å². The Bertz CT molecular complexity index is 953. The first kappa shape index (κ1) is 18.6. The van der Waals surface area contributed by atoms with Gasteiger partial charge >= 0.3 is 0 Å². The molecule has 0 amide bonds. The number of aryl methyl sites for hydroxylation is 2. The normalized spacial score (nSPS) is 10.7. The monoisotopic (exact) mass is 359 g/mol. The van der Waals surface area contributed by atoms with E-state index in [9.17, 15) is 4.79 Å². The number of rotatable bonds is 7. The number of ketones is 1. The second kappa shape index (κ2) is 8.04. The molecule has 4 nitrogen and oxygen atoms in total. The average Bonchev–Trinajstić information content (AvgIpc) is 2.95. The summed E-state index contributed by atoms with van der Waals surface area (Å²) in [6.45, 7) is 4.84. The van der Waals surface area contributed by atoms with E-state index < -0.39 is 0 Å². The van der Waals surface area contributed by atoms with Gasteiger partial charge in [-0.2, -0.15) is 0 Å². The van der Waals surface area contributed by atoms with Crippen LogP contribution in [0.3, 0.4) is 0 Å². The van der Waals surface area contributed by atoms with Crippen LogP contribution in [0, 0.1) is 19.3 Å². The molecule has 0 saturated carbocycles. The minimum atomic E-state index is 0.0588. The molecule has 4 heteroatoms. The van der Waals surface area contributed by atoms with E-state index >= 15 is 0 Å². The van der Waals surface area contributed by atoms with Gasteiger partial charge in [-0.15, -0.1) is 0 Å². The molecular formula is C23H25N3O. The fourth-order valence-electron chi connectivity index (χ4n) is 3.34. The number of nitrogens with zero attached hydrogens (tertiary/aromatic N) is 1. The molecule has 0 atom stereocenters. The Balaban J connectivity index is 1.70. The standard InChI is InChI=1S/C23H25N3O/c1-16-14-21(17(2)26(16)15-19-6-4-3-5-7-19)22(27)13-10-18-8-11-20(12-9-18)23(24)25/h3-9,11-12,14H,10,13,15H2,1-2H3,(H3,24,25). The highest BCUT2D eigenvalue weighted by molar-refractivity contribution is 5.97. The van der Waals surface area contributed by atoms with Crippen LogP contribution < -0.4 is 5.73 Å². The average molecular weight is 359 g/mol. The molecule has 138 valence electrons. The van der Waals surface area contributed by atoms with Crippen LogP contribution in [0.2, 0.25) is 0 Å². The van der Waals surface area contributed by atoms with Gasteiger partial charge in [-0.05, 0) is 37.5 Å². The Hall–Kier alpha value is -3.14. The van der Waals surface area contributed by atoms with Crippen LogP contribution in [-0.4, -0.2) is 16.2 Å². The topological polar surface area (TPSA) is 71.9 Å². The van der Waals surface area contributed by atoms with E-state index in [0.29, 0.717) is 18.4 Å². The number of hydrogen-bond acceptors (Lipinski definition) is 2. The van der Waals surface area contributed by atoms with Gasteiger partial charge in [-0.25, -0.2) is 0 Å². The van der Waals surface area contributed by atoms with Crippen LogP contribution in [0.15, 0.2) is 60.7 Å². The summed E-state index contributed by atoms with van der Waals surface area (Å²) in [5, 5.41) is 7.44. The van der Waals surface area contributed by atoms with Gasteiger partial charge in [0.2, 0.25) is 0 Å². The van der Waals surface area contributed by atoms with E-state index in [4.69, 9.17) is 11.1 Å². The number of Topliss-reactive ketones (excluding diaryl/α,β-unsaturated/α-hetero) is 1. The first-order valence-corrected chi connectivity index (χ1v) is 9.13. The number of hydrogen-bond donors (Lipinski definition) is 2. The van der Waals surface area contributed by atoms with Gasteiger partial charge in [0.25, 0.3) is 0 Å². The molecule has 0 unspecified atom stereocenters. The highest BCUT2D eigenvalue weighted by atomic mass is 16.1. The number of carbonyl (C=O) groups excluding carboxylic acids is 1. The van der Waals surface area contributed by atoms with E-state index in [-0.39, 0.29) is 11.6 Å². The summed E-state index contributed by atoms with van der Waals surface area (Å²) in [5.41, 5.74) is 11.4. The zero-order valence-electron chi connectivity index (χ0n) is 15.8. The Labute approximate surface area is 160 Å². The lowest BCUT2D eigenvalue weighted by Crippen LogP contribution is -2.10. The van der Waals surface area contributed by atoms with E-state index in [1.165, 1.54) is 5.56 Å². The van der Waals surface area contributed by atoms with Gasteiger partial charge in [-0.3, -0.25) is 10.2 Å². The largest absolute Gasteiger partial charge is 0.384 e. The van der Waals surface area contributed by atoms with Crippen LogP contribution >= 0.6 is 0 Å². The third-order valence-corrected chi connectivity index (χ3v) is 4.96. The Morgan fingerprint density at radius 1 is 1.00 bits per heavy atom. The maximum Gasteiger partial charge on any atom is 0.165 e. The van der Waals surface area contributed by atoms with E-state index in [2.05, 4.69) is 16.7 Å². The van der Waals surface area contributed by atoms with Crippen LogP contribution in [-0.2, 0) is 13.0 Å². The number of amidine groups is 1. The highest BCUT2D eigenvalue weighted by Gasteiger charge is 2.16. The molecule has 0 fully saturated rings. The summed E-state index contributed by atoms with van der Waals surface area (Å²) in [4.78, 5) is 12.8. The molecule has 0 aliphatic heterocycles. The first-order valence-electron chi connectivity index (χ1n) is 9.13. The van der Waals surface area contributed by atoms with Crippen molar-refractivity contribution in [2.45, 2.75) is 33.2 Å². The van der Waals surface area contributed by atoms with Crippen molar-refractivity contribution in [2.24, 2.45) is 5.73 Å². The Kier molecular flexibility index (Phi) is 5.55. The van der Waals surface area contributed by atoms with Crippen LogP contribution in [0.1, 0.15) is 44.9 Å². The number of benzene rings is 2. The van der Waals surface area contributed by atoms with E-state index in [1.807, 2.05) is 62.4 Å². The molecule has 1 aromatic heterocycles. The summed E-state index contributed by atoms with van der Waals surface area (Å²) in [6.07, 6.45) is 1.15. The molecule has 27 heavy (non-hydrogen) atoms. The van der Waals surface area contributed by atoms with Gasteiger partial charge in [0, 0.05) is 35.5 Å². The van der Waals surface area contributed by atoms with E-state index in [0.717, 1.165) is 29.1 Å². The predicted molar refractivity (Wildman–Crippen MR) is 110 cm³/mol. The van der Waals surface area contributed by atoms with Crippen LogP contribution in [0.5, 0.6) is 0 Å². The number of nitrogen functional groups attached to an aromatic ring is 1. The van der Waals surface area contributed by atoms with Gasteiger partial charge in [-0.1, -0.05) is 54.6 Å². The molecule has 0 spiro atoms. The lowest BCUT2D eigenvalue weighted by Gasteiger charge is -2.10. The smallest absolute Gasteiger partial charge is 0.165 e. The number of aromatic nitrogens is 1. The molecular weight excluding hydrogens is 334 g/mol. The predicted octanol–water partition coefficient (Wildman–Crippen LogP) is 4.25. The molecule has 0 radical (unpaired) electrons. The molecule has 0 aliphatic rings. The van der Waals surface area contributed by atoms with Gasteiger partial charge in [0.05, 0.1) is 0 Å². The first-order chi connectivity index (χ1) is 13.0. The lowest BCUT2D eigenvalue weighted by molar-refractivity contribution is 0.0982. The summed E-state index contributed by atoms with van der Waals surface area (Å²) >= 11 is 0. The van der Waals surface area contributed by atoms with Crippen LogP contribution in [0.4, 0.5) is 0 Å². The fourth-order valence-corrected chi connectivity index (χ4v) is 3.34. The quantitative estimate of drug-likeness (QED) is 0.376. The van der Waals surface area contributed by atoms with Crippen molar-refractivity contribution < 1.29 is 4.79 Å². The van der Waals surface area contributed by atoms with Crippen molar-refractivity contribution in [1.82, 2.24) is 4.57 Å². The summed E-state index contributed by atoms with van der Waals surface area (Å²) in [7, 11) is 0. The lowest BCUT2D eigenvalue weighted by atomic mass is 10.0. The number of nitrogens with one attached hydrogen (secondary N) is 1. The molecule has 3 rings (SSSR count). The third kappa shape index (κ3) is 4.34. The molecule has 0 aliphatic carbocycles.